The van der Waals surface area contributed by atoms with Gasteiger partial charge >= 0.3 is 0 Å². The molecule has 1 aromatic rings. The van der Waals surface area contributed by atoms with E-state index in [0.29, 0.717) is 5.92 Å². The molecule has 0 saturated heterocycles. The van der Waals surface area contributed by atoms with Gasteiger partial charge in [0.25, 0.3) is 0 Å². The number of allylic oxidation sites excluding steroid dienone is 2. The monoisotopic (exact) mass is 232 g/mol. The van der Waals surface area contributed by atoms with Crippen LogP contribution in [0.2, 0.25) is 0 Å². The molecule has 0 N–H and O–H groups in total. The fourth-order valence-corrected chi connectivity index (χ4v) is 2.77. The van der Waals surface area contributed by atoms with Crippen molar-refractivity contribution in [2.75, 3.05) is 0 Å². The van der Waals surface area contributed by atoms with E-state index in [1.54, 1.807) is 12.1 Å². The predicted octanol–water partition coefficient (Wildman–Crippen LogP) is 4.85. The van der Waals surface area contributed by atoms with Crippen LogP contribution in [-0.2, 0) is 5.41 Å². The molecule has 0 radical (unpaired) electrons. The van der Waals surface area contributed by atoms with Gasteiger partial charge in [0, 0.05) is 5.41 Å². The number of rotatable bonds is 3. The third kappa shape index (κ3) is 2.59. The third-order valence-electron chi connectivity index (χ3n) is 3.71. The summed E-state index contributed by atoms with van der Waals surface area (Å²) in [6, 6.07) is 7.25. The topological polar surface area (TPSA) is 0 Å². The second-order valence-corrected chi connectivity index (χ2v) is 5.45. The van der Waals surface area contributed by atoms with Crippen molar-refractivity contribution in [3.8, 4) is 0 Å². The highest BCUT2D eigenvalue weighted by molar-refractivity contribution is 5.33. The molecule has 0 atom stereocenters. The lowest BCUT2D eigenvalue weighted by molar-refractivity contribution is 0.503. The highest BCUT2D eigenvalue weighted by atomic mass is 19.1. The first-order chi connectivity index (χ1) is 8.14. The first-order valence-corrected chi connectivity index (χ1v) is 6.58. The molecule has 1 fully saturated rings. The Hall–Kier alpha value is -1.11. The lowest BCUT2D eigenvalue weighted by Crippen LogP contribution is -2.20. The maximum absolute atomic E-state index is 14.0. The van der Waals surface area contributed by atoms with Gasteiger partial charge in [-0.3, -0.25) is 0 Å². The molecule has 0 nitrogen and oxygen atoms in total. The molecule has 1 aliphatic carbocycles. The molecule has 0 heterocycles. The van der Waals surface area contributed by atoms with E-state index in [2.05, 4.69) is 26.0 Å². The van der Waals surface area contributed by atoms with Gasteiger partial charge in [-0.1, -0.05) is 57.0 Å². The highest BCUT2D eigenvalue weighted by Crippen LogP contribution is 2.43. The van der Waals surface area contributed by atoms with Crippen LogP contribution in [0, 0.1) is 11.7 Å². The van der Waals surface area contributed by atoms with Crippen molar-refractivity contribution in [3.05, 3.63) is 47.8 Å². The molecule has 0 amide bonds. The van der Waals surface area contributed by atoms with Crippen molar-refractivity contribution in [1.29, 1.82) is 0 Å². The maximum Gasteiger partial charge on any atom is 0.127 e. The Morgan fingerprint density at radius 3 is 2.41 bits per heavy atom. The molecule has 2 rings (SSSR count). The normalized spacial score (nSPS) is 19.3. The zero-order valence-corrected chi connectivity index (χ0v) is 10.7. The summed E-state index contributed by atoms with van der Waals surface area (Å²) in [7, 11) is 0. The van der Waals surface area contributed by atoms with Crippen LogP contribution >= 0.6 is 0 Å². The van der Waals surface area contributed by atoms with E-state index in [1.807, 2.05) is 12.1 Å². The molecule has 1 heteroatoms. The van der Waals surface area contributed by atoms with Crippen LogP contribution in [0.25, 0.3) is 0 Å². The first-order valence-electron chi connectivity index (χ1n) is 6.58. The van der Waals surface area contributed by atoms with Gasteiger partial charge in [0.1, 0.15) is 5.82 Å². The summed E-state index contributed by atoms with van der Waals surface area (Å²) in [6.45, 7) is 4.33. The Kier molecular flexibility index (Phi) is 3.66. The molecule has 17 heavy (non-hydrogen) atoms. The predicted molar refractivity (Wildman–Crippen MR) is 70.5 cm³/mol. The summed E-state index contributed by atoms with van der Waals surface area (Å²) >= 11 is 0. The van der Waals surface area contributed by atoms with Gasteiger partial charge in [-0.05, 0) is 30.4 Å². The quantitative estimate of drug-likeness (QED) is 0.653. The van der Waals surface area contributed by atoms with Gasteiger partial charge in [0.15, 0.2) is 0 Å². The number of hydrogen-bond acceptors (Lipinski definition) is 0. The van der Waals surface area contributed by atoms with Gasteiger partial charge in [-0.25, -0.2) is 4.39 Å². The van der Waals surface area contributed by atoms with Crippen LogP contribution in [0.15, 0.2) is 36.4 Å². The number of benzene rings is 1. The Bertz CT molecular complexity index is 398. The van der Waals surface area contributed by atoms with E-state index in [1.165, 1.54) is 12.8 Å². The number of hydrogen-bond donors (Lipinski definition) is 0. The van der Waals surface area contributed by atoms with Gasteiger partial charge in [-0.15, -0.1) is 0 Å². The minimum atomic E-state index is -0.0530. The van der Waals surface area contributed by atoms with Gasteiger partial charge in [0.2, 0.25) is 0 Å². The molecular weight excluding hydrogens is 211 g/mol. The van der Waals surface area contributed by atoms with E-state index in [0.717, 1.165) is 18.4 Å². The number of halogens is 1. The lowest BCUT2D eigenvalue weighted by atomic mass is 9.78. The summed E-state index contributed by atoms with van der Waals surface area (Å²) in [5.41, 5.74) is 0.838. The van der Waals surface area contributed by atoms with E-state index in [4.69, 9.17) is 0 Å². The SMILES string of the molecule is CC(C)/C=C/C1(c2ccccc2F)CCCC1. The van der Waals surface area contributed by atoms with Gasteiger partial charge in [-0.2, -0.15) is 0 Å². The average molecular weight is 232 g/mol. The van der Waals surface area contributed by atoms with Crippen molar-refractivity contribution >= 4 is 0 Å². The molecule has 0 bridgehead atoms. The summed E-state index contributed by atoms with van der Waals surface area (Å²) in [5, 5.41) is 0. The molecule has 1 saturated carbocycles. The zero-order valence-electron chi connectivity index (χ0n) is 10.7. The summed E-state index contributed by atoms with van der Waals surface area (Å²) < 4.78 is 14.0. The van der Waals surface area contributed by atoms with Crippen LogP contribution in [0.3, 0.4) is 0 Å². The van der Waals surface area contributed by atoms with Crippen LogP contribution < -0.4 is 0 Å². The van der Waals surface area contributed by atoms with E-state index in [-0.39, 0.29) is 11.2 Å². The molecule has 1 aromatic carbocycles. The van der Waals surface area contributed by atoms with E-state index < -0.39 is 0 Å². The van der Waals surface area contributed by atoms with Crippen molar-refractivity contribution < 1.29 is 4.39 Å². The summed E-state index contributed by atoms with van der Waals surface area (Å²) in [4.78, 5) is 0. The fourth-order valence-electron chi connectivity index (χ4n) is 2.77. The standard InChI is InChI=1S/C16H21F/c1-13(2)9-12-16(10-5-6-11-16)14-7-3-4-8-15(14)17/h3-4,7-9,12-13H,5-6,10-11H2,1-2H3/b12-9+. The fraction of sp³-hybridized carbons (Fsp3) is 0.500. The summed E-state index contributed by atoms with van der Waals surface area (Å²) in [5.74, 6) is 0.474. The van der Waals surface area contributed by atoms with Crippen LogP contribution in [0.1, 0.15) is 45.1 Å². The van der Waals surface area contributed by atoms with E-state index in [9.17, 15) is 4.39 Å². The Balaban J connectivity index is 2.38. The van der Waals surface area contributed by atoms with E-state index >= 15 is 0 Å². The largest absolute Gasteiger partial charge is 0.207 e. The van der Waals surface area contributed by atoms with Crippen LogP contribution in [0.4, 0.5) is 4.39 Å². The first kappa shape index (κ1) is 12.3. The molecule has 0 aliphatic heterocycles. The third-order valence-corrected chi connectivity index (χ3v) is 3.71. The van der Waals surface area contributed by atoms with Crippen molar-refractivity contribution in [3.63, 3.8) is 0 Å². The summed E-state index contributed by atoms with van der Waals surface area (Å²) in [6.07, 6.45) is 9.04. The maximum atomic E-state index is 14.0. The smallest absolute Gasteiger partial charge is 0.127 e. The molecular formula is C16H21F. The molecule has 92 valence electrons. The van der Waals surface area contributed by atoms with Crippen LogP contribution in [-0.4, -0.2) is 0 Å². The lowest BCUT2D eigenvalue weighted by Gasteiger charge is -2.26. The molecule has 1 aliphatic rings. The molecule has 0 spiro atoms. The zero-order chi connectivity index (χ0) is 12.3. The van der Waals surface area contributed by atoms with Crippen molar-refractivity contribution in [2.45, 2.75) is 44.9 Å². The second-order valence-electron chi connectivity index (χ2n) is 5.45. The Labute approximate surface area is 104 Å². The van der Waals surface area contributed by atoms with Crippen LogP contribution in [0.5, 0.6) is 0 Å². The van der Waals surface area contributed by atoms with Gasteiger partial charge in [0.05, 0.1) is 0 Å². The molecule has 0 aromatic heterocycles. The molecule has 0 unspecified atom stereocenters. The minimum Gasteiger partial charge on any atom is -0.207 e. The highest BCUT2D eigenvalue weighted by Gasteiger charge is 2.34. The van der Waals surface area contributed by atoms with Gasteiger partial charge < -0.3 is 0 Å². The second kappa shape index (κ2) is 5.03. The average Bonchev–Trinajstić information content (AvgIpc) is 2.77. The van der Waals surface area contributed by atoms with Crippen molar-refractivity contribution in [2.24, 2.45) is 5.92 Å². The Morgan fingerprint density at radius 2 is 1.82 bits per heavy atom. The van der Waals surface area contributed by atoms with Crippen molar-refractivity contribution in [1.82, 2.24) is 0 Å². The minimum absolute atomic E-state index is 0.0460. The Morgan fingerprint density at radius 1 is 1.18 bits per heavy atom.